The fourth-order valence-electron chi connectivity index (χ4n) is 5.18. The Morgan fingerprint density at radius 3 is 2.50 bits per heavy atom. The number of alkyl halides is 3. The number of pyridine rings is 1. The standard InChI is InChI=1S/C33H33ClF3N7OS/c1-3-21(2)30(28(45)14-26-17-40-20-43(26)18-23-10-8-22(15-38)9-11-23)31(39)44(32(46)42-25-12-13-29(34)41-16-25)19-24-6-4-5-7-27(24)33(35,36)37/h4-13,16-17,20-21,30-31H,3,14,18-19,39H2,1-2H3,(H,42,46)/t21-,30+,31?/m0/s1. The highest BCUT2D eigenvalue weighted by Gasteiger charge is 2.38. The molecule has 2 aromatic heterocycles. The molecule has 2 aromatic carbocycles. The highest BCUT2D eigenvalue weighted by Crippen LogP contribution is 2.33. The van der Waals surface area contributed by atoms with Crippen molar-refractivity contribution in [1.82, 2.24) is 19.4 Å². The number of aromatic nitrogens is 3. The molecular formula is C33H33ClF3N7OS. The van der Waals surface area contributed by atoms with E-state index < -0.39 is 23.8 Å². The van der Waals surface area contributed by atoms with E-state index in [0.29, 0.717) is 29.9 Å². The summed E-state index contributed by atoms with van der Waals surface area (Å²) in [5, 5.41) is 12.4. The number of anilines is 1. The summed E-state index contributed by atoms with van der Waals surface area (Å²) in [6, 6.07) is 17.6. The van der Waals surface area contributed by atoms with E-state index in [4.69, 9.17) is 34.8 Å². The lowest BCUT2D eigenvalue weighted by molar-refractivity contribution is -0.138. The third kappa shape index (κ3) is 8.69. The molecule has 13 heteroatoms. The Morgan fingerprint density at radius 1 is 1.15 bits per heavy atom. The first-order chi connectivity index (χ1) is 21.9. The third-order valence-corrected chi connectivity index (χ3v) is 8.41. The van der Waals surface area contributed by atoms with Crippen LogP contribution in [0.2, 0.25) is 5.15 Å². The molecule has 0 aliphatic heterocycles. The second-order valence-electron chi connectivity index (χ2n) is 10.9. The van der Waals surface area contributed by atoms with E-state index in [1.54, 1.807) is 36.8 Å². The lowest BCUT2D eigenvalue weighted by atomic mass is 9.83. The van der Waals surface area contributed by atoms with Gasteiger partial charge in [0.1, 0.15) is 10.9 Å². The highest BCUT2D eigenvalue weighted by atomic mass is 35.5. The molecule has 1 unspecified atom stereocenters. The summed E-state index contributed by atoms with van der Waals surface area (Å²) in [6.45, 7) is 3.93. The van der Waals surface area contributed by atoms with Crippen LogP contribution < -0.4 is 11.1 Å². The van der Waals surface area contributed by atoms with Gasteiger partial charge < -0.3 is 20.5 Å². The molecule has 0 bridgehead atoms. The molecule has 0 saturated carbocycles. The number of imidazole rings is 1. The molecule has 0 amide bonds. The molecule has 0 radical (unpaired) electrons. The first-order valence-electron chi connectivity index (χ1n) is 14.5. The molecule has 4 rings (SSSR count). The molecular weight excluding hydrogens is 635 g/mol. The fourth-order valence-corrected chi connectivity index (χ4v) is 5.60. The molecule has 3 N–H and O–H groups in total. The predicted molar refractivity (Wildman–Crippen MR) is 175 cm³/mol. The number of nitrogens with one attached hydrogen (secondary N) is 1. The van der Waals surface area contributed by atoms with Crippen LogP contribution in [0.15, 0.2) is 79.4 Å². The topological polar surface area (TPSA) is 113 Å². The molecule has 0 fully saturated rings. The van der Waals surface area contributed by atoms with Crippen molar-refractivity contribution in [3.05, 3.63) is 112 Å². The minimum Gasteiger partial charge on any atom is -0.331 e. The summed E-state index contributed by atoms with van der Waals surface area (Å²) in [6.07, 6.45) is -0.444. The van der Waals surface area contributed by atoms with Gasteiger partial charge in [-0.3, -0.25) is 4.79 Å². The van der Waals surface area contributed by atoms with E-state index in [2.05, 4.69) is 21.4 Å². The second-order valence-corrected chi connectivity index (χ2v) is 11.7. The molecule has 0 spiro atoms. The maximum absolute atomic E-state index is 14.1. The summed E-state index contributed by atoms with van der Waals surface area (Å²) in [7, 11) is 0. The highest BCUT2D eigenvalue weighted by molar-refractivity contribution is 7.80. The number of hydrogen-bond donors (Lipinski definition) is 2. The molecule has 4 aromatic rings. The summed E-state index contributed by atoms with van der Waals surface area (Å²) in [5.41, 5.74) is 8.56. The average molecular weight is 668 g/mol. The van der Waals surface area contributed by atoms with Crippen molar-refractivity contribution in [2.24, 2.45) is 17.6 Å². The lowest BCUT2D eigenvalue weighted by Crippen LogP contribution is -2.55. The van der Waals surface area contributed by atoms with Gasteiger partial charge in [-0.25, -0.2) is 9.97 Å². The maximum Gasteiger partial charge on any atom is 0.416 e. The Bertz CT molecular complexity index is 1690. The average Bonchev–Trinajstić information content (AvgIpc) is 3.46. The van der Waals surface area contributed by atoms with Crippen molar-refractivity contribution < 1.29 is 18.0 Å². The smallest absolute Gasteiger partial charge is 0.331 e. The number of nitriles is 1. The maximum atomic E-state index is 14.1. The van der Waals surface area contributed by atoms with Crippen molar-refractivity contribution in [2.45, 2.75) is 52.1 Å². The van der Waals surface area contributed by atoms with Crippen LogP contribution in [0, 0.1) is 23.2 Å². The van der Waals surface area contributed by atoms with E-state index in [0.717, 1.165) is 11.6 Å². The van der Waals surface area contributed by atoms with Crippen molar-refractivity contribution in [3.63, 3.8) is 0 Å². The van der Waals surface area contributed by atoms with Crippen molar-refractivity contribution in [1.29, 1.82) is 5.26 Å². The molecule has 8 nitrogen and oxygen atoms in total. The minimum atomic E-state index is -4.61. The summed E-state index contributed by atoms with van der Waals surface area (Å²) >= 11 is 11.6. The van der Waals surface area contributed by atoms with E-state index in [-0.39, 0.29) is 40.5 Å². The number of nitrogens with zero attached hydrogens (tertiary/aromatic N) is 5. The zero-order chi connectivity index (χ0) is 33.4. The largest absolute Gasteiger partial charge is 0.416 e. The van der Waals surface area contributed by atoms with Crippen LogP contribution in [0.3, 0.4) is 0 Å². The Labute approximate surface area is 276 Å². The molecule has 3 atom stereocenters. The number of nitrogens with two attached hydrogens (primary N) is 1. The van der Waals surface area contributed by atoms with Crippen LogP contribution in [0.5, 0.6) is 0 Å². The fraction of sp³-hybridized carbons (Fsp3) is 0.303. The van der Waals surface area contributed by atoms with Gasteiger partial charge in [0.2, 0.25) is 0 Å². The summed E-state index contributed by atoms with van der Waals surface area (Å²) < 4.78 is 43.9. The molecule has 240 valence electrons. The summed E-state index contributed by atoms with van der Waals surface area (Å²) in [4.78, 5) is 23.8. The third-order valence-electron chi connectivity index (χ3n) is 7.85. The molecule has 0 aliphatic rings. The van der Waals surface area contributed by atoms with Crippen molar-refractivity contribution >= 4 is 40.4 Å². The van der Waals surface area contributed by atoms with Crippen LogP contribution in [-0.4, -0.2) is 36.5 Å². The van der Waals surface area contributed by atoms with Gasteiger partial charge in [-0.1, -0.05) is 62.2 Å². The number of Topliss-reactive ketones (excluding diaryl/α,β-unsaturated/α-hetero) is 1. The van der Waals surface area contributed by atoms with Crippen LogP contribution in [0.4, 0.5) is 18.9 Å². The van der Waals surface area contributed by atoms with Crippen molar-refractivity contribution in [2.75, 3.05) is 5.32 Å². The number of halogens is 4. The zero-order valence-electron chi connectivity index (χ0n) is 25.2. The summed E-state index contributed by atoms with van der Waals surface area (Å²) in [5.74, 6) is -1.24. The Hall–Kier alpha value is -4.31. The Balaban J connectivity index is 1.65. The number of ketones is 1. The van der Waals surface area contributed by atoms with E-state index in [9.17, 15) is 18.0 Å². The van der Waals surface area contributed by atoms with Crippen LogP contribution in [0.1, 0.15) is 48.2 Å². The molecule has 46 heavy (non-hydrogen) atoms. The molecule has 0 saturated heterocycles. The first kappa shape index (κ1) is 34.6. The molecule has 0 aliphatic carbocycles. The van der Waals surface area contributed by atoms with E-state index >= 15 is 0 Å². The monoisotopic (exact) mass is 667 g/mol. The zero-order valence-corrected chi connectivity index (χ0v) is 26.8. The predicted octanol–water partition coefficient (Wildman–Crippen LogP) is 6.83. The van der Waals surface area contributed by atoms with Crippen LogP contribution in [-0.2, 0) is 30.5 Å². The lowest BCUT2D eigenvalue weighted by Gasteiger charge is -2.38. The number of carbonyl (C=O) groups excluding carboxylic acids is 1. The Morgan fingerprint density at radius 2 is 1.87 bits per heavy atom. The minimum absolute atomic E-state index is 0.00669. The number of thiocarbonyl (C=S) groups is 1. The van der Waals surface area contributed by atoms with Gasteiger partial charge in [-0.2, -0.15) is 18.4 Å². The van der Waals surface area contributed by atoms with Gasteiger partial charge in [0.15, 0.2) is 5.11 Å². The van der Waals surface area contributed by atoms with Gasteiger partial charge in [0.25, 0.3) is 0 Å². The van der Waals surface area contributed by atoms with E-state index in [1.807, 2.05) is 30.5 Å². The van der Waals surface area contributed by atoms with Gasteiger partial charge >= 0.3 is 6.18 Å². The van der Waals surface area contributed by atoms with Gasteiger partial charge in [-0.15, -0.1) is 0 Å². The van der Waals surface area contributed by atoms with Crippen LogP contribution >= 0.6 is 23.8 Å². The van der Waals surface area contributed by atoms with E-state index in [1.165, 1.54) is 29.3 Å². The van der Waals surface area contributed by atoms with Gasteiger partial charge in [0.05, 0.1) is 47.5 Å². The number of rotatable bonds is 12. The second kappa shape index (κ2) is 15.3. The number of hydrogen-bond acceptors (Lipinski definition) is 6. The van der Waals surface area contributed by atoms with Gasteiger partial charge in [0, 0.05) is 31.4 Å². The van der Waals surface area contributed by atoms with Crippen molar-refractivity contribution in [3.8, 4) is 6.07 Å². The first-order valence-corrected chi connectivity index (χ1v) is 15.3. The quantitative estimate of drug-likeness (QED) is 0.0961. The Kier molecular flexibility index (Phi) is 11.5. The van der Waals surface area contributed by atoms with Crippen LogP contribution in [0.25, 0.3) is 0 Å². The normalized spacial score (nSPS) is 13.3. The SMILES string of the molecule is CC[C@H](C)[C@H](C(=O)Cc1cncn1Cc1ccc(C#N)cc1)C(N)N(Cc1ccccc1C(F)(F)F)C(=S)Nc1ccc(Cl)nc1. The number of benzene rings is 2. The molecule has 2 heterocycles. The number of carbonyl (C=O) groups is 1. The van der Waals surface area contributed by atoms with Gasteiger partial charge in [-0.05, 0) is 59.6 Å².